The van der Waals surface area contributed by atoms with Gasteiger partial charge in [-0.25, -0.2) is 4.39 Å². The molecule has 0 aromatic heterocycles. The maximum absolute atomic E-state index is 13.0. The molecule has 102 valence electrons. The van der Waals surface area contributed by atoms with E-state index >= 15 is 0 Å². The number of hydrogen-bond acceptors (Lipinski definition) is 3. The van der Waals surface area contributed by atoms with Crippen LogP contribution in [0.3, 0.4) is 0 Å². The second-order valence-corrected chi connectivity index (χ2v) is 5.88. The summed E-state index contributed by atoms with van der Waals surface area (Å²) in [5.41, 5.74) is 0.666. The van der Waals surface area contributed by atoms with Crippen LogP contribution in [0.25, 0.3) is 0 Å². The van der Waals surface area contributed by atoms with E-state index in [0.29, 0.717) is 9.26 Å². The fourth-order valence-corrected chi connectivity index (χ4v) is 2.73. The second kappa shape index (κ2) is 5.44. The van der Waals surface area contributed by atoms with E-state index in [2.05, 4.69) is 5.32 Å². The topological polar surface area (TPSA) is 49.4 Å². The number of rotatable bonds is 3. The highest BCUT2D eigenvalue weighted by molar-refractivity contribution is 14.1. The molecule has 0 radical (unpaired) electrons. The molecule has 0 spiro atoms. The molecule has 1 heterocycles. The van der Waals surface area contributed by atoms with Gasteiger partial charge in [0.05, 0.1) is 6.42 Å². The number of nitrogens with zero attached hydrogens (tertiary/aromatic N) is 1. The van der Waals surface area contributed by atoms with Crippen molar-refractivity contribution in [1.29, 1.82) is 0 Å². The van der Waals surface area contributed by atoms with Crippen molar-refractivity contribution in [3.63, 3.8) is 0 Å². The lowest BCUT2D eigenvalue weighted by Gasteiger charge is -2.19. The molecule has 2 amide bonds. The zero-order valence-corrected chi connectivity index (χ0v) is 12.8. The van der Waals surface area contributed by atoms with Crippen molar-refractivity contribution in [3.05, 3.63) is 27.6 Å². The van der Waals surface area contributed by atoms with Gasteiger partial charge in [0.25, 0.3) is 5.91 Å². The zero-order valence-electron chi connectivity index (χ0n) is 10.6. The Kier molecular flexibility index (Phi) is 4.07. The van der Waals surface area contributed by atoms with Gasteiger partial charge in [-0.1, -0.05) is 0 Å². The molecule has 0 bridgehead atoms. The van der Waals surface area contributed by atoms with Gasteiger partial charge < -0.3 is 5.32 Å². The Bertz CT molecular complexity index is 533. The molecule has 1 aromatic rings. The molecule has 0 aliphatic carbocycles. The standard InChI is InChI=1S/C13H14FIN2O2/c1-7(2)17-12(18)6-11(13(17)19)16-10-4-3-8(14)5-9(10)15/h3-5,7,11,16H,6H2,1-2H3. The van der Waals surface area contributed by atoms with Crippen LogP contribution in [0.4, 0.5) is 10.1 Å². The summed E-state index contributed by atoms with van der Waals surface area (Å²) < 4.78 is 13.7. The Morgan fingerprint density at radius 3 is 2.63 bits per heavy atom. The summed E-state index contributed by atoms with van der Waals surface area (Å²) in [5, 5.41) is 3.02. The Morgan fingerprint density at radius 2 is 2.11 bits per heavy atom. The lowest BCUT2D eigenvalue weighted by atomic mass is 10.2. The minimum absolute atomic E-state index is 0.140. The van der Waals surface area contributed by atoms with Crippen LogP contribution in [0, 0.1) is 9.39 Å². The average Bonchev–Trinajstić information content (AvgIpc) is 2.58. The van der Waals surface area contributed by atoms with E-state index in [-0.39, 0.29) is 30.1 Å². The van der Waals surface area contributed by atoms with Crippen LogP contribution in [0.5, 0.6) is 0 Å². The maximum atomic E-state index is 13.0. The van der Waals surface area contributed by atoms with Crippen LogP contribution in [0.15, 0.2) is 18.2 Å². The van der Waals surface area contributed by atoms with Gasteiger partial charge in [0.1, 0.15) is 11.9 Å². The summed E-state index contributed by atoms with van der Waals surface area (Å²) in [5.74, 6) is -0.720. The van der Waals surface area contributed by atoms with Crippen LogP contribution in [0.2, 0.25) is 0 Å². The highest BCUT2D eigenvalue weighted by atomic mass is 127. The number of nitrogens with one attached hydrogen (secondary N) is 1. The van der Waals surface area contributed by atoms with E-state index in [1.165, 1.54) is 17.0 Å². The van der Waals surface area contributed by atoms with Gasteiger partial charge in [0.15, 0.2) is 0 Å². The first-order valence-corrected chi connectivity index (χ1v) is 7.05. The average molecular weight is 376 g/mol. The van der Waals surface area contributed by atoms with Gasteiger partial charge in [0.2, 0.25) is 5.91 Å². The molecule has 1 atom stereocenters. The van der Waals surface area contributed by atoms with E-state index in [4.69, 9.17) is 0 Å². The smallest absolute Gasteiger partial charge is 0.252 e. The largest absolute Gasteiger partial charge is 0.372 e. The van der Waals surface area contributed by atoms with Crippen molar-refractivity contribution in [2.75, 3.05) is 5.32 Å². The summed E-state index contributed by atoms with van der Waals surface area (Å²) in [7, 11) is 0. The van der Waals surface area contributed by atoms with E-state index in [1.54, 1.807) is 19.9 Å². The normalized spacial score (nSPS) is 19.4. The van der Waals surface area contributed by atoms with E-state index < -0.39 is 6.04 Å². The second-order valence-electron chi connectivity index (χ2n) is 4.72. The fourth-order valence-electron chi connectivity index (χ4n) is 2.10. The number of carbonyl (C=O) groups excluding carboxylic acids is 2. The van der Waals surface area contributed by atoms with Gasteiger partial charge in [-0.3, -0.25) is 14.5 Å². The highest BCUT2D eigenvalue weighted by Crippen LogP contribution is 2.24. The van der Waals surface area contributed by atoms with Crippen molar-refractivity contribution < 1.29 is 14.0 Å². The fraction of sp³-hybridized carbons (Fsp3) is 0.385. The third-order valence-electron chi connectivity index (χ3n) is 2.96. The Hall–Kier alpha value is -1.18. The molecule has 1 aromatic carbocycles. The number of hydrogen-bond donors (Lipinski definition) is 1. The summed E-state index contributed by atoms with van der Waals surface area (Å²) >= 11 is 1.99. The van der Waals surface area contributed by atoms with Gasteiger partial charge in [-0.15, -0.1) is 0 Å². The Balaban J connectivity index is 2.16. The van der Waals surface area contributed by atoms with Gasteiger partial charge in [-0.05, 0) is 54.6 Å². The Labute approximate surface area is 124 Å². The lowest BCUT2D eigenvalue weighted by Crippen LogP contribution is -2.39. The van der Waals surface area contributed by atoms with Gasteiger partial charge in [-0.2, -0.15) is 0 Å². The number of carbonyl (C=O) groups is 2. The minimum Gasteiger partial charge on any atom is -0.372 e. The van der Waals surface area contributed by atoms with Crippen molar-refractivity contribution in [3.8, 4) is 0 Å². The molecule has 2 rings (SSSR count). The molecule has 19 heavy (non-hydrogen) atoms. The number of anilines is 1. The molecular weight excluding hydrogens is 362 g/mol. The van der Waals surface area contributed by atoms with Crippen LogP contribution < -0.4 is 5.32 Å². The van der Waals surface area contributed by atoms with Crippen LogP contribution in [0.1, 0.15) is 20.3 Å². The van der Waals surface area contributed by atoms with E-state index in [1.807, 2.05) is 22.6 Å². The highest BCUT2D eigenvalue weighted by Gasteiger charge is 2.39. The quantitative estimate of drug-likeness (QED) is 0.651. The SMILES string of the molecule is CC(C)N1C(=O)CC(Nc2ccc(F)cc2I)C1=O. The summed E-state index contributed by atoms with van der Waals surface area (Å²) in [6, 6.07) is 3.58. The molecule has 0 saturated carbocycles. The molecule has 4 nitrogen and oxygen atoms in total. The Morgan fingerprint density at radius 1 is 1.42 bits per heavy atom. The molecule has 1 N–H and O–H groups in total. The van der Waals surface area contributed by atoms with E-state index in [0.717, 1.165) is 0 Å². The molecule has 1 saturated heterocycles. The van der Waals surface area contributed by atoms with Gasteiger partial charge >= 0.3 is 0 Å². The monoisotopic (exact) mass is 376 g/mol. The third kappa shape index (κ3) is 2.88. The number of halogens is 2. The number of amides is 2. The lowest BCUT2D eigenvalue weighted by molar-refractivity contribution is -0.140. The summed E-state index contributed by atoms with van der Waals surface area (Å²) in [6.07, 6.45) is 0.143. The van der Waals surface area contributed by atoms with Crippen LogP contribution >= 0.6 is 22.6 Å². The molecule has 1 unspecified atom stereocenters. The van der Waals surface area contributed by atoms with E-state index in [9.17, 15) is 14.0 Å². The molecule has 6 heteroatoms. The number of likely N-dealkylation sites (tertiary alicyclic amines) is 1. The van der Waals surface area contributed by atoms with Crippen LogP contribution in [-0.2, 0) is 9.59 Å². The first kappa shape index (κ1) is 14.2. The van der Waals surface area contributed by atoms with Gasteiger partial charge in [0, 0.05) is 15.3 Å². The van der Waals surface area contributed by atoms with Crippen molar-refractivity contribution in [1.82, 2.24) is 4.90 Å². The minimum atomic E-state index is -0.561. The molecule has 1 aliphatic heterocycles. The summed E-state index contributed by atoms with van der Waals surface area (Å²) in [6.45, 7) is 3.61. The first-order chi connectivity index (χ1) is 8.90. The first-order valence-electron chi connectivity index (χ1n) is 5.97. The molecule has 1 fully saturated rings. The van der Waals surface area contributed by atoms with Crippen molar-refractivity contribution in [2.45, 2.75) is 32.4 Å². The predicted molar refractivity (Wildman–Crippen MR) is 78.1 cm³/mol. The molecular formula is C13H14FIN2O2. The molecule has 1 aliphatic rings. The van der Waals surface area contributed by atoms with Crippen molar-refractivity contribution in [2.24, 2.45) is 0 Å². The predicted octanol–water partition coefficient (Wildman–Crippen LogP) is 2.38. The summed E-state index contributed by atoms with van der Waals surface area (Å²) in [4.78, 5) is 25.1. The van der Waals surface area contributed by atoms with Crippen molar-refractivity contribution >= 4 is 40.1 Å². The zero-order chi connectivity index (χ0) is 14.2. The third-order valence-corrected chi connectivity index (χ3v) is 3.85. The number of benzene rings is 1. The van der Waals surface area contributed by atoms with Crippen LogP contribution in [-0.4, -0.2) is 28.8 Å². The number of imide groups is 1. The maximum Gasteiger partial charge on any atom is 0.252 e.